The smallest absolute Gasteiger partial charge is 0.146 e. The summed E-state index contributed by atoms with van der Waals surface area (Å²) in [4.78, 5) is 0. The van der Waals surface area contributed by atoms with Crippen molar-refractivity contribution in [2.75, 3.05) is 5.32 Å². The predicted octanol–water partition coefficient (Wildman–Crippen LogP) is 4.90. The van der Waals surface area contributed by atoms with E-state index in [1.165, 1.54) is 25.0 Å². The van der Waals surface area contributed by atoms with Gasteiger partial charge < -0.3 is 5.32 Å². The number of benzene rings is 1. The van der Waals surface area contributed by atoms with Gasteiger partial charge in [0.2, 0.25) is 0 Å². The summed E-state index contributed by atoms with van der Waals surface area (Å²) in [5.41, 5.74) is 0.660. The summed E-state index contributed by atoms with van der Waals surface area (Å²) >= 11 is 0. The molecule has 1 N–H and O–H groups in total. The molecule has 1 fully saturated rings. The molecule has 1 aromatic carbocycles. The van der Waals surface area contributed by atoms with Gasteiger partial charge in [0.15, 0.2) is 0 Å². The molecule has 0 radical (unpaired) electrons. The first-order valence-electron chi connectivity index (χ1n) is 7.21. The van der Waals surface area contributed by atoms with Crippen molar-refractivity contribution in [1.29, 1.82) is 0 Å². The van der Waals surface area contributed by atoms with E-state index >= 15 is 0 Å². The first-order valence-corrected chi connectivity index (χ1v) is 7.21. The van der Waals surface area contributed by atoms with Gasteiger partial charge in [-0.15, -0.1) is 0 Å². The summed E-state index contributed by atoms with van der Waals surface area (Å²) < 4.78 is 27.4. The van der Waals surface area contributed by atoms with Crippen LogP contribution in [0, 0.1) is 30.4 Å². The highest BCUT2D eigenvalue weighted by Gasteiger charge is 2.28. The zero-order valence-electron chi connectivity index (χ0n) is 12.0. The van der Waals surface area contributed by atoms with Gasteiger partial charge in [-0.25, -0.2) is 8.78 Å². The minimum Gasteiger partial charge on any atom is -0.380 e. The first-order chi connectivity index (χ1) is 8.99. The van der Waals surface area contributed by atoms with E-state index < -0.39 is 0 Å². The third-order valence-corrected chi connectivity index (χ3v) is 4.26. The number of anilines is 1. The van der Waals surface area contributed by atoms with Crippen LogP contribution in [0.3, 0.4) is 0 Å². The number of nitrogens with one attached hydrogen (secondary N) is 1. The van der Waals surface area contributed by atoms with Crippen molar-refractivity contribution in [3.8, 4) is 0 Å². The maximum Gasteiger partial charge on any atom is 0.146 e. The Hall–Kier alpha value is -1.12. The third-order valence-electron chi connectivity index (χ3n) is 4.26. The van der Waals surface area contributed by atoms with E-state index in [4.69, 9.17) is 0 Å². The van der Waals surface area contributed by atoms with Crippen molar-refractivity contribution >= 4 is 5.69 Å². The van der Waals surface area contributed by atoms with Gasteiger partial charge in [0, 0.05) is 12.1 Å². The van der Waals surface area contributed by atoms with Gasteiger partial charge in [0.1, 0.15) is 11.6 Å². The van der Waals surface area contributed by atoms with Gasteiger partial charge in [0.25, 0.3) is 0 Å². The summed E-state index contributed by atoms with van der Waals surface area (Å²) in [6, 6.07) is 2.81. The lowest BCUT2D eigenvalue weighted by molar-refractivity contribution is 0.253. The number of hydrogen-bond acceptors (Lipinski definition) is 1. The lowest BCUT2D eigenvalue weighted by Crippen LogP contribution is -2.35. The van der Waals surface area contributed by atoms with Crippen molar-refractivity contribution in [2.45, 2.75) is 52.5 Å². The molecule has 19 heavy (non-hydrogen) atoms. The molecule has 1 saturated carbocycles. The fourth-order valence-electron chi connectivity index (χ4n) is 3.09. The molecule has 2 atom stereocenters. The zero-order chi connectivity index (χ0) is 14.0. The third kappa shape index (κ3) is 3.26. The molecule has 0 saturated heterocycles. The van der Waals surface area contributed by atoms with Crippen LogP contribution in [0.15, 0.2) is 12.1 Å². The van der Waals surface area contributed by atoms with Gasteiger partial charge in [0.05, 0.1) is 5.69 Å². The highest BCUT2D eigenvalue weighted by Crippen LogP contribution is 2.33. The molecule has 106 valence electrons. The van der Waals surface area contributed by atoms with E-state index in [1.54, 1.807) is 6.92 Å². The molecule has 0 heterocycles. The second-order valence-corrected chi connectivity index (χ2v) is 6.02. The minimum atomic E-state index is -0.355. The van der Waals surface area contributed by atoms with Crippen LogP contribution in [-0.4, -0.2) is 6.04 Å². The van der Waals surface area contributed by atoms with Crippen LogP contribution >= 0.6 is 0 Å². The second kappa shape index (κ2) is 5.89. The van der Waals surface area contributed by atoms with E-state index in [-0.39, 0.29) is 17.7 Å². The standard InChI is InChI=1S/C16H23F2N/c1-10(2)12-6-4-5-7-15(12)19-16-9-13(17)11(3)8-14(16)18/h8-10,12,15,19H,4-7H2,1-3H3. The summed E-state index contributed by atoms with van der Waals surface area (Å²) in [6.45, 7) is 5.99. The highest BCUT2D eigenvalue weighted by atomic mass is 19.1. The average Bonchev–Trinajstić information content (AvgIpc) is 2.36. The van der Waals surface area contributed by atoms with E-state index in [0.29, 0.717) is 23.1 Å². The van der Waals surface area contributed by atoms with Gasteiger partial charge in [-0.2, -0.15) is 0 Å². The van der Waals surface area contributed by atoms with Crippen LogP contribution in [-0.2, 0) is 0 Å². The normalized spacial score (nSPS) is 23.7. The molecule has 0 amide bonds. The van der Waals surface area contributed by atoms with Gasteiger partial charge in [-0.3, -0.25) is 0 Å². The Balaban J connectivity index is 2.17. The van der Waals surface area contributed by atoms with Crippen LogP contribution in [0.1, 0.15) is 45.1 Å². The maximum absolute atomic E-state index is 13.9. The number of aryl methyl sites for hydroxylation is 1. The summed E-state index contributed by atoms with van der Waals surface area (Å²) in [5, 5.41) is 3.23. The minimum absolute atomic E-state index is 0.255. The molecule has 3 heteroatoms. The fourth-order valence-corrected chi connectivity index (χ4v) is 3.09. The van der Waals surface area contributed by atoms with Gasteiger partial charge in [-0.1, -0.05) is 26.7 Å². The average molecular weight is 267 g/mol. The van der Waals surface area contributed by atoms with E-state index in [2.05, 4.69) is 19.2 Å². The summed E-state index contributed by atoms with van der Waals surface area (Å²) in [5.74, 6) is 0.404. The Morgan fingerprint density at radius 3 is 2.47 bits per heavy atom. The molecule has 0 spiro atoms. The Morgan fingerprint density at radius 2 is 1.79 bits per heavy atom. The van der Waals surface area contributed by atoms with E-state index in [9.17, 15) is 8.78 Å². The Labute approximate surface area is 114 Å². The van der Waals surface area contributed by atoms with Gasteiger partial charge >= 0.3 is 0 Å². The monoisotopic (exact) mass is 267 g/mol. The Kier molecular flexibility index (Phi) is 4.43. The van der Waals surface area contributed by atoms with Crippen LogP contribution in [0.2, 0.25) is 0 Å². The number of rotatable bonds is 3. The SMILES string of the molecule is Cc1cc(F)c(NC2CCCCC2C(C)C)cc1F. The molecule has 2 unspecified atom stereocenters. The van der Waals surface area contributed by atoms with Crippen molar-refractivity contribution < 1.29 is 8.78 Å². The molecule has 1 aromatic rings. The quantitative estimate of drug-likeness (QED) is 0.821. The topological polar surface area (TPSA) is 12.0 Å². The molecule has 0 aromatic heterocycles. The molecule has 1 aliphatic carbocycles. The van der Waals surface area contributed by atoms with Crippen molar-refractivity contribution in [2.24, 2.45) is 11.8 Å². The Morgan fingerprint density at radius 1 is 1.11 bits per heavy atom. The van der Waals surface area contributed by atoms with Crippen molar-refractivity contribution in [1.82, 2.24) is 0 Å². The van der Waals surface area contributed by atoms with Crippen LogP contribution < -0.4 is 5.32 Å². The lowest BCUT2D eigenvalue weighted by Gasteiger charge is -2.35. The molecule has 1 nitrogen and oxygen atoms in total. The molecule has 1 aliphatic rings. The van der Waals surface area contributed by atoms with Crippen LogP contribution in [0.5, 0.6) is 0 Å². The van der Waals surface area contributed by atoms with Crippen molar-refractivity contribution in [3.63, 3.8) is 0 Å². The Bertz CT molecular complexity index is 443. The summed E-state index contributed by atoms with van der Waals surface area (Å²) in [7, 11) is 0. The lowest BCUT2D eigenvalue weighted by atomic mass is 9.78. The van der Waals surface area contributed by atoms with Crippen LogP contribution in [0.25, 0.3) is 0 Å². The molecule has 0 bridgehead atoms. The van der Waals surface area contributed by atoms with E-state index in [0.717, 1.165) is 12.8 Å². The highest BCUT2D eigenvalue weighted by molar-refractivity contribution is 5.47. The second-order valence-electron chi connectivity index (χ2n) is 6.02. The molecular formula is C16H23F2N. The maximum atomic E-state index is 13.9. The first kappa shape index (κ1) is 14.3. The number of hydrogen-bond donors (Lipinski definition) is 1. The molecular weight excluding hydrogens is 244 g/mol. The summed E-state index contributed by atoms with van der Waals surface area (Å²) in [6.07, 6.45) is 4.62. The molecule has 0 aliphatic heterocycles. The van der Waals surface area contributed by atoms with Crippen molar-refractivity contribution in [3.05, 3.63) is 29.3 Å². The number of halogens is 2. The predicted molar refractivity (Wildman–Crippen MR) is 75.3 cm³/mol. The van der Waals surface area contributed by atoms with Gasteiger partial charge in [-0.05, 0) is 43.2 Å². The largest absolute Gasteiger partial charge is 0.380 e. The molecule has 2 rings (SSSR count). The van der Waals surface area contributed by atoms with E-state index in [1.807, 2.05) is 0 Å². The fraction of sp³-hybridized carbons (Fsp3) is 0.625. The van der Waals surface area contributed by atoms with Crippen LogP contribution in [0.4, 0.5) is 14.5 Å². The zero-order valence-corrected chi connectivity index (χ0v) is 12.0.